The maximum atomic E-state index is 12.0. The summed E-state index contributed by atoms with van der Waals surface area (Å²) in [6.07, 6.45) is 0.579. The smallest absolute Gasteiger partial charge is 0.228 e. The number of aryl methyl sites for hydroxylation is 1. The van der Waals surface area contributed by atoms with E-state index in [0.717, 1.165) is 24.3 Å². The van der Waals surface area contributed by atoms with Crippen molar-refractivity contribution in [1.82, 2.24) is 5.32 Å². The van der Waals surface area contributed by atoms with Crippen molar-refractivity contribution in [3.05, 3.63) is 28.8 Å². The average Bonchev–Trinajstić information content (AvgIpc) is 2.60. The number of amides is 1. The molecule has 1 aromatic rings. The van der Waals surface area contributed by atoms with Crippen LogP contribution < -0.4 is 10.2 Å². The van der Waals surface area contributed by atoms with E-state index in [0.29, 0.717) is 11.4 Å². The number of benzene rings is 1. The first-order valence-electron chi connectivity index (χ1n) is 5.91. The monoisotopic (exact) mass is 252 g/mol. The SMILES string of the molecule is CCNC1CC(=O)N(c2ccc(Cl)cc2C)C1. The molecule has 0 bridgehead atoms. The van der Waals surface area contributed by atoms with Gasteiger partial charge in [0.2, 0.25) is 5.91 Å². The highest BCUT2D eigenvalue weighted by atomic mass is 35.5. The summed E-state index contributed by atoms with van der Waals surface area (Å²) in [5.41, 5.74) is 2.02. The molecule has 0 saturated carbocycles. The number of carbonyl (C=O) groups is 1. The van der Waals surface area contributed by atoms with E-state index < -0.39 is 0 Å². The second kappa shape index (κ2) is 5.07. The van der Waals surface area contributed by atoms with Gasteiger partial charge >= 0.3 is 0 Å². The predicted molar refractivity (Wildman–Crippen MR) is 70.6 cm³/mol. The van der Waals surface area contributed by atoms with Gasteiger partial charge in [-0.3, -0.25) is 4.79 Å². The molecule has 1 aliphatic rings. The first-order chi connectivity index (χ1) is 8.11. The Morgan fingerprint density at radius 1 is 1.53 bits per heavy atom. The lowest BCUT2D eigenvalue weighted by Gasteiger charge is -2.19. The lowest BCUT2D eigenvalue weighted by Crippen LogP contribution is -2.32. The number of anilines is 1. The Hall–Kier alpha value is -1.06. The number of nitrogens with zero attached hydrogens (tertiary/aromatic N) is 1. The molecule has 17 heavy (non-hydrogen) atoms. The van der Waals surface area contributed by atoms with E-state index in [2.05, 4.69) is 12.2 Å². The standard InChI is InChI=1S/C13H17ClN2O/c1-3-15-11-7-13(17)16(8-11)12-5-4-10(14)6-9(12)2/h4-6,11,15H,3,7-8H2,1-2H3. The van der Waals surface area contributed by atoms with Crippen molar-refractivity contribution in [2.45, 2.75) is 26.3 Å². The molecule has 0 spiro atoms. The zero-order chi connectivity index (χ0) is 12.4. The zero-order valence-corrected chi connectivity index (χ0v) is 10.9. The molecule has 1 N–H and O–H groups in total. The number of carbonyl (C=O) groups excluding carboxylic acids is 1. The van der Waals surface area contributed by atoms with Crippen LogP contribution in [-0.4, -0.2) is 25.0 Å². The summed E-state index contributed by atoms with van der Waals surface area (Å²) < 4.78 is 0. The van der Waals surface area contributed by atoms with Crippen LogP contribution in [-0.2, 0) is 4.79 Å². The van der Waals surface area contributed by atoms with Gasteiger partial charge in [0.05, 0.1) is 0 Å². The molecule has 0 aliphatic carbocycles. The van der Waals surface area contributed by atoms with Gasteiger partial charge in [-0.1, -0.05) is 18.5 Å². The second-order valence-corrected chi connectivity index (χ2v) is 4.83. The molecule has 92 valence electrons. The Morgan fingerprint density at radius 2 is 2.29 bits per heavy atom. The minimum Gasteiger partial charge on any atom is -0.312 e. The van der Waals surface area contributed by atoms with Crippen molar-refractivity contribution >= 4 is 23.2 Å². The van der Waals surface area contributed by atoms with Gasteiger partial charge in [-0.05, 0) is 37.2 Å². The van der Waals surface area contributed by atoms with Crippen molar-refractivity contribution in [3.63, 3.8) is 0 Å². The number of nitrogens with one attached hydrogen (secondary N) is 1. The quantitative estimate of drug-likeness (QED) is 0.896. The first-order valence-corrected chi connectivity index (χ1v) is 6.29. The van der Waals surface area contributed by atoms with E-state index in [1.54, 1.807) is 0 Å². The number of likely N-dealkylation sites (N-methyl/N-ethyl adjacent to an activating group) is 1. The maximum Gasteiger partial charge on any atom is 0.228 e. The van der Waals surface area contributed by atoms with Gasteiger partial charge in [-0.25, -0.2) is 0 Å². The molecule has 2 rings (SSSR count). The Labute approximate surface area is 107 Å². The van der Waals surface area contributed by atoms with Gasteiger partial charge in [0.25, 0.3) is 0 Å². The number of rotatable bonds is 3. The van der Waals surface area contributed by atoms with Crippen molar-refractivity contribution in [2.75, 3.05) is 18.0 Å². The van der Waals surface area contributed by atoms with Gasteiger partial charge in [-0.2, -0.15) is 0 Å². The van der Waals surface area contributed by atoms with Crippen LogP contribution in [0.3, 0.4) is 0 Å². The minimum absolute atomic E-state index is 0.182. The van der Waals surface area contributed by atoms with E-state index in [1.807, 2.05) is 30.0 Å². The molecule has 1 fully saturated rings. The van der Waals surface area contributed by atoms with Gasteiger partial charge in [0.15, 0.2) is 0 Å². The summed E-state index contributed by atoms with van der Waals surface area (Å²) in [5.74, 6) is 0.182. The van der Waals surface area contributed by atoms with E-state index in [1.165, 1.54) is 0 Å². The van der Waals surface area contributed by atoms with Gasteiger partial charge in [0, 0.05) is 29.7 Å². The third-order valence-corrected chi connectivity index (χ3v) is 3.30. The molecule has 3 nitrogen and oxygen atoms in total. The fourth-order valence-electron chi connectivity index (χ4n) is 2.29. The normalized spacial score (nSPS) is 20.1. The van der Waals surface area contributed by atoms with E-state index in [-0.39, 0.29) is 11.9 Å². The van der Waals surface area contributed by atoms with Crippen LogP contribution in [0.2, 0.25) is 5.02 Å². The zero-order valence-electron chi connectivity index (χ0n) is 10.2. The largest absolute Gasteiger partial charge is 0.312 e. The molecule has 1 unspecified atom stereocenters. The van der Waals surface area contributed by atoms with Crippen molar-refractivity contribution in [1.29, 1.82) is 0 Å². The maximum absolute atomic E-state index is 12.0. The summed E-state index contributed by atoms with van der Waals surface area (Å²) >= 11 is 5.92. The molecule has 0 radical (unpaired) electrons. The highest BCUT2D eigenvalue weighted by Gasteiger charge is 2.30. The van der Waals surface area contributed by atoms with Crippen molar-refractivity contribution in [2.24, 2.45) is 0 Å². The molecular formula is C13H17ClN2O. The Kier molecular flexibility index (Phi) is 3.69. The Morgan fingerprint density at radius 3 is 2.94 bits per heavy atom. The van der Waals surface area contributed by atoms with Crippen LogP contribution in [0.4, 0.5) is 5.69 Å². The van der Waals surface area contributed by atoms with Crippen LogP contribution in [0.5, 0.6) is 0 Å². The molecular weight excluding hydrogens is 236 g/mol. The fourth-order valence-corrected chi connectivity index (χ4v) is 2.51. The second-order valence-electron chi connectivity index (χ2n) is 4.39. The summed E-state index contributed by atoms with van der Waals surface area (Å²) in [5, 5.41) is 4.03. The number of halogens is 1. The number of hydrogen-bond acceptors (Lipinski definition) is 2. The molecule has 1 aliphatic heterocycles. The molecule has 4 heteroatoms. The number of hydrogen-bond donors (Lipinski definition) is 1. The third kappa shape index (κ3) is 2.61. The van der Waals surface area contributed by atoms with E-state index in [9.17, 15) is 4.79 Å². The minimum atomic E-state index is 0.182. The van der Waals surface area contributed by atoms with Crippen LogP contribution in [0.15, 0.2) is 18.2 Å². The van der Waals surface area contributed by atoms with Crippen molar-refractivity contribution < 1.29 is 4.79 Å². The fraction of sp³-hybridized carbons (Fsp3) is 0.462. The van der Waals surface area contributed by atoms with Crippen LogP contribution >= 0.6 is 11.6 Å². The van der Waals surface area contributed by atoms with Crippen molar-refractivity contribution in [3.8, 4) is 0 Å². The third-order valence-electron chi connectivity index (χ3n) is 3.07. The summed E-state index contributed by atoms with van der Waals surface area (Å²) in [6, 6.07) is 5.91. The lowest BCUT2D eigenvalue weighted by atomic mass is 10.2. The summed E-state index contributed by atoms with van der Waals surface area (Å²) in [6.45, 7) is 5.68. The Balaban J connectivity index is 2.20. The van der Waals surface area contributed by atoms with E-state index >= 15 is 0 Å². The van der Waals surface area contributed by atoms with Crippen LogP contribution in [0.25, 0.3) is 0 Å². The highest BCUT2D eigenvalue weighted by Crippen LogP contribution is 2.27. The molecule has 1 saturated heterocycles. The Bertz CT molecular complexity index is 433. The molecule has 1 amide bonds. The van der Waals surface area contributed by atoms with Gasteiger partial charge < -0.3 is 10.2 Å². The lowest BCUT2D eigenvalue weighted by molar-refractivity contribution is -0.117. The van der Waals surface area contributed by atoms with Crippen LogP contribution in [0, 0.1) is 6.92 Å². The molecule has 1 atom stereocenters. The van der Waals surface area contributed by atoms with E-state index in [4.69, 9.17) is 11.6 Å². The molecule has 1 heterocycles. The topological polar surface area (TPSA) is 32.3 Å². The first kappa shape index (κ1) is 12.4. The summed E-state index contributed by atoms with van der Waals surface area (Å²) in [7, 11) is 0. The summed E-state index contributed by atoms with van der Waals surface area (Å²) in [4.78, 5) is 13.8. The molecule has 0 aromatic heterocycles. The van der Waals surface area contributed by atoms with Crippen LogP contribution in [0.1, 0.15) is 18.9 Å². The highest BCUT2D eigenvalue weighted by molar-refractivity contribution is 6.30. The van der Waals surface area contributed by atoms with Gasteiger partial charge in [-0.15, -0.1) is 0 Å². The predicted octanol–water partition coefficient (Wildman–Crippen LogP) is 2.36. The van der Waals surface area contributed by atoms with Gasteiger partial charge in [0.1, 0.15) is 0 Å². The molecule has 1 aromatic carbocycles. The average molecular weight is 253 g/mol.